The molecule has 2 aliphatic rings. The summed E-state index contributed by atoms with van der Waals surface area (Å²) in [6.07, 6.45) is 8.33. The molecule has 0 fully saturated rings. The number of ether oxygens (including phenoxy) is 1. The van der Waals surface area contributed by atoms with Crippen molar-refractivity contribution in [1.29, 1.82) is 5.26 Å². The van der Waals surface area contributed by atoms with Gasteiger partial charge in [-0.05, 0) is 31.6 Å². The van der Waals surface area contributed by atoms with E-state index in [1.807, 2.05) is 6.07 Å². The summed E-state index contributed by atoms with van der Waals surface area (Å²) in [5.74, 6) is 0.171. The zero-order valence-electron chi connectivity index (χ0n) is 12.2. The topological polar surface area (TPSA) is 74.1 Å². The average molecular weight is 307 g/mol. The molecule has 0 aromatic heterocycles. The third kappa shape index (κ3) is 4.26. The number of hydrogen-bond donors (Lipinski definition) is 2. The predicted molar refractivity (Wildman–Crippen MR) is 83.1 cm³/mol. The van der Waals surface area contributed by atoms with Gasteiger partial charge in [0.25, 0.3) is 5.91 Å². The number of allylic oxidation sites excluding steroid dienone is 2. The van der Waals surface area contributed by atoms with Gasteiger partial charge in [0, 0.05) is 20.3 Å². The first-order valence-corrected chi connectivity index (χ1v) is 8.14. The van der Waals surface area contributed by atoms with E-state index in [0.29, 0.717) is 24.1 Å². The van der Waals surface area contributed by atoms with E-state index < -0.39 is 0 Å². The molecule has 2 N–H and O–H groups in total. The van der Waals surface area contributed by atoms with E-state index in [9.17, 15) is 10.1 Å². The van der Waals surface area contributed by atoms with Gasteiger partial charge in [-0.3, -0.25) is 4.79 Å². The highest BCUT2D eigenvalue weighted by Crippen LogP contribution is 2.35. The second kappa shape index (κ2) is 8.11. The van der Waals surface area contributed by atoms with E-state index in [2.05, 4.69) is 22.8 Å². The van der Waals surface area contributed by atoms with E-state index in [1.54, 1.807) is 18.9 Å². The van der Waals surface area contributed by atoms with Gasteiger partial charge in [0.2, 0.25) is 0 Å². The number of carbonyl (C=O) groups is 1. The van der Waals surface area contributed by atoms with Crippen molar-refractivity contribution in [2.24, 2.45) is 5.92 Å². The molecular weight excluding hydrogens is 286 g/mol. The lowest BCUT2D eigenvalue weighted by Gasteiger charge is -2.32. The summed E-state index contributed by atoms with van der Waals surface area (Å²) in [5.41, 5.74) is 0.194. The highest BCUT2D eigenvalue weighted by molar-refractivity contribution is 8.03. The van der Waals surface area contributed by atoms with Gasteiger partial charge in [0.15, 0.2) is 0 Å². The van der Waals surface area contributed by atoms with Crippen LogP contribution in [0, 0.1) is 17.2 Å². The normalized spacial score (nSPS) is 25.4. The van der Waals surface area contributed by atoms with Crippen LogP contribution in [0.4, 0.5) is 0 Å². The molecule has 6 heteroatoms. The van der Waals surface area contributed by atoms with Crippen LogP contribution in [0.15, 0.2) is 22.8 Å². The van der Waals surface area contributed by atoms with Gasteiger partial charge in [0.05, 0.1) is 10.4 Å². The van der Waals surface area contributed by atoms with Gasteiger partial charge in [-0.25, -0.2) is 0 Å². The maximum absolute atomic E-state index is 12.1. The van der Waals surface area contributed by atoms with Crippen molar-refractivity contribution in [3.05, 3.63) is 22.8 Å². The maximum atomic E-state index is 12.1. The molecule has 2 atom stereocenters. The van der Waals surface area contributed by atoms with Gasteiger partial charge in [-0.1, -0.05) is 23.9 Å². The average Bonchev–Trinajstić information content (AvgIpc) is 2.52. The molecule has 21 heavy (non-hydrogen) atoms. The molecule has 0 unspecified atom stereocenters. The van der Waals surface area contributed by atoms with E-state index in [4.69, 9.17) is 4.74 Å². The largest absolute Gasteiger partial charge is 0.385 e. The molecule has 0 radical (unpaired) electrons. The molecule has 0 aromatic carbocycles. The minimum atomic E-state index is -0.259. The summed E-state index contributed by atoms with van der Waals surface area (Å²) in [5, 5.41) is 16.1. The van der Waals surface area contributed by atoms with Crippen LogP contribution in [0.25, 0.3) is 0 Å². The molecule has 1 aliphatic carbocycles. The molecule has 0 saturated heterocycles. The molecule has 1 amide bonds. The van der Waals surface area contributed by atoms with Crippen molar-refractivity contribution in [3.63, 3.8) is 0 Å². The number of nitriles is 1. The monoisotopic (exact) mass is 307 g/mol. The van der Waals surface area contributed by atoms with Crippen LogP contribution >= 0.6 is 11.8 Å². The van der Waals surface area contributed by atoms with Gasteiger partial charge < -0.3 is 15.4 Å². The van der Waals surface area contributed by atoms with Crippen molar-refractivity contribution >= 4 is 17.7 Å². The van der Waals surface area contributed by atoms with Crippen molar-refractivity contribution in [3.8, 4) is 6.07 Å². The smallest absolute Gasteiger partial charge is 0.265 e. The predicted octanol–water partition coefficient (Wildman–Crippen LogP) is 1.89. The Morgan fingerprint density at radius 2 is 2.43 bits per heavy atom. The summed E-state index contributed by atoms with van der Waals surface area (Å²) in [4.78, 5) is 12.1. The molecule has 0 spiro atoms. The number of carbonyl (C=O) groups excluding carboxylic acids is 1. The van der Waals surface area contributed by atoms with Crippen molar-refractivity contribution in [2.45, 2.75) is 31.1 Å². The van der Waals surface area contributed by atoms with E-state index >= 15 is 0 Å². The molecule has 1 heterocycles. The van der Waals surface area contributed by atoms with Crippen LogP contribution in [-0.4, -0.2) is 31.5 Å². The number of thioether (sulfide) groups is 1. The first-order chi connectivity index (χ1) is 10.3. The lowest BCUT2D eigenvalue weighted by molar-refractivity contribution is -0.117. The van der Waals surface area contributed by atoms with Crippen LogP contribution in [-0.2, 0) is 9.53 Å². The summed E-state index contributed by atoms with van der Waals surface area (Å²) < 4.78 is 5.01. The second-order valence-corrected chi connectivity index (χ2v) is 6.30. The molecule has 114 valence electrons. The fourth-order valence-corrected chi connectivity index (χ4v) is 3.78. The Morgan fingerprint density at radius 1 is 1.57 bits per heavy atom. The number of amides is 1. The van der Waals surface area contributed by atoms with E-state index in [1.165, 1.54) is 0 Å². The molecule has 1 aliphatic heterocycles. The van der Waals surface area contributed by atoms with Gasteiger partial charge in [0.1, 0.15) is 11.6 Å². The molecule has 5 nitrogen and oxygen atoms in total. The van der Waals surface area contributed by atoms with E-state index in [0.717, 1.165) is 25.7 Å². The minimum Gasteiger partial charge on any atom is -0.385 e. The Morgan fingerprint density at radius 3 is 3.10 bits per heavy atom. The number of nitrogens with zero attached hydrogens (tertiary/aromatic N) is 1. The summed E-state index contributed by atoms with van der Waals surface area (Å²) in [7, 11) is 1.66. The maximum Gasteiger partial charge on any atom is 0.265 e. The Balaban J connectivity index is 2.01. The fraction of sp³-hybridized carbons (Fsp3) is 0.600. The quantitative estimate of drug-likeness (QED) is 0.579. The van der Waals surface area contributed by atoms with Crippen molar-refractivity contribution in [2.75, 3.05) is 20.3 Å². The lowest BCUT2D eigenvalue weighted by Crippen LogP contribution is -2.43. The van der Waals surface area contributed by atoms with Gasteiger partial charge >= 0.3 is 0 Å². The summed E-state index contributed by atoms with van der Waals surface area (Å²) >= 11 is 1.57. The van der Waals surface area contributed by atoms with Crippen molar-refractivity contribution in [1.82, 2.24) is 10.6 Å². The molecule has 0 aromatic rings. The number of methoxy groups -OCH3 is 1. The lowest BCUT2D eigenvalue weighted by atomic mass is 9.94. The zero-order chi connectivity index (χ0) is 15.1. The molecule has 0 bridgehead atoms. The third-order valence-corrected chi connectivity index (χ3v) is 4.97. The second-order valence-electron chi connectivity index (χ2n) is 5.15. The summed E-state index contributed by atoms with van der Waals surface area (Å²) in [6, 6.07) is 2.01. The van der Waals surface area contributed by atoms with Crippen molar-refractivity contribution < 1.29 is 9.53 Å². The number of rotatable bonds is 6. The SMILES string of the molecule is COCCCNC1=C(C#N)C(=O)N[C@H]([C@H]2CC=CCC2)S1. The van der Waals surface area contributed by atoms with Crippen LogP contribution in [0.3, 0.4) is 0 Å². The highest BCUT2D eigenvalue weighted by Gasteiger charge is 2.32. The third-order valence-electron chi connectivity index (χ3n) is 3.63. The van der Waals surface area contributed by atoms with Crippen LogP contribution in [0.1, 0.15) is 25.7 Å². The number of nitrogens with one attached hydrogen (secondary N) is 2. The molecule has 2 rings (SSSR count). The van der Waals surface area contributed by atoms with Crippen LogP contribution in [0.5, 0.6) is 0 Å². The Labute approximate surface area is 129 Å². The molecular formula is C15H21N3O2S. The molecule has 0 saturated carbocycles. The zero-order valence-corrected chi connectivity index (χ0v) is 13.0. The van der Waals surface area contributed by atoms with Crippen LogP contribution in [0.2, 0.25) is 0 Å². The minimum absolute atomic E-state index is 0.0458. The Kier molecular flexibility index (Phi) is 6.15. The first kappa shape index (κ1) is 15.9. The van der Waals surface area contributed by atoms with E-state index in [-0.39, 0.29) is 16.9 Å². The van der Waals surface area contributed by atoms with Gasteiger partial charge in [-0.2, -0.15) is 5.26 Å². The highest BCUT2D eigenvalue weighted by atomic mass is 32.2. The Bertz CT molecular complexity index is 482. The summed E-state index contributed by atoms with van der Waals surface area (Å²) in [6.45, 7) is 1.36. The van der Waals surface area contributed by atoms with Gasteiger partial charge in [-0.15, -0.1) is 0 Å². The standard InChI is InChI=1S/C15H21N3O2S/c1-20-9-5-8-17-15-12(10-16)13(19)18-14(21-15)11-6-3-2-4-7-11/h2-3,11,14,17H,4-9H2,1H3,(H,18,19)/t11-,14-/m0/s1. The Hall–Kier alpha value is -1.45. The van der Waals surface area contributed by atoms with Crippen LogP contribution < -0.4 is 10.6 Å². The fourth-order valence-electron chi connectivity index (χ4n) is 2.48. The first-order valence-electron chi connectivity index (χ1n) is 7.26. The number of hydrogen-bond acceptors (Lipinski definition) is 5.